The van der Waals surface area contributed by atoms with E-state index in [2.05, 4.69) is 33.9 Å². The van der Waals surface area contributed by atoms with Gasteiger partial charge in [-0.3, -0.25) is 4.79 Å². The van der Waals surface area contributed by atoms with E-state index in [1.54, 1.807) is 0 Å². The van der Waals surface area contributed by atoms with Crippen molar-refractivity contribution in [2.45, 2.75) is 39.3 Å². The van der Waals surface area contributed by atoms with Gasteiger partial charge in [0.25, 0.3) is 5.91 Å². The first-order chi connectivity index (χ1) is 9.72. The predicted octanol–water partition coefficient (Wildman–Crippen LogP) is 2.46. The molecule has 2 heterocycles. The van der Waals surface area contributed by atoms with E-state index < -0.39 is 0 Å². The number of hydrogen-bond donors (Lipinski definition) is 1. The number of hydrogen-bond acceptors (Lipinski definition) is 2. The first-order valence-corrected chi connectivity index (χ1v) is 7.12. The van der Waals surface area contributed by atoms with Crippen molar-refractivity contribution in [1.82, 2.24) is 14.9 Å². The molecule has 0 bridgehead atoms. The number of nitrogens with one attached hydrogen (secondary N) is 1. The molecule has 1 amide bonds. The molecule has 0 radical (unpaired) electrons. The third-order valence-corrected chi connectivity index (χ3v) is 3.68. The summed E-state index contributed by atoms with van der Waals surface area (Å²) in [6.07, 6.45) is 5.19. The van der Waals surface area contributed by atoms with Crippen LogP contribution in [0.15, 0.2) is 30.5 Å². The van der Waals surface area contributed by atoms with Gasteiger partial charge in [0.05, 0.1) is 0 Å². The van der Waals surface area contributed by atoms with Crippen molar-refractivity contribution in [2.75, 3.05) is 0 Å². The number of benzene rings is 1. The molecule has 0 unspecified atom stereocenters. The molecule has 1 N–H and O–H groups in total. The standard InChI is InChI=1S/C16H19N3O/c1-12-5-4-6-13(9-12)10-17-16(20)14-11-19-8-3-2-7-15(19)18-14/h4-6,9,11H,2-3,7-8,10H2,1H3,(H,17,20). The topological polar surface area (TPSA) is 46.9 Å². The van der Waals surface area contributed by atoms with Gasteiger partial charge in [-0.2, -0.15) is 0 Å². The molecule has 1 aliphatic heterocycles. The summed E-state index contributed by atoms with van der Waals surface area (Å²) in [6, 6.07) is 8.16. The zero-order valence-corrected chi connectivity index (χ0v) is 11.7. The highest BCUT2D eigenvalue weighted by molar-refractivity contribution is 5.92. The van der Waals surface area contributed by atoms with E-state index in [1.165, 1.54) is 18.4 Å². The molecule has 0 fully saturated rings. The largest absolute Gasteiger partial charge is 0.347 e. The molecule has 20 heavy (non-hydrogen) atoms. The smallest absolute Gasteiger partial charge is 0.271 e. The molecule has 0 spiro atoms. The van der Waals surface area contributed by atoms with Gasteiger partial charge in [0, 0.05) is 25.7 Å². The number of rotatable bonds is 3. The highest BCUT2D eigenvalue weighted by atomic mass is 16.1. The van der Waals surface area contributed by atoms with Crippen molar-refractivity contribution in [3.05, 3.63) is 53.1 Å². The highest BCUT2D eigenvalue weighted by Gasteiger charge is 2.16. The normalized spacial score (nSPS) is 13.8. The predicted molar refractivity (Wildman–Crippen MR) is 77.5 cm³/mol. The van der Waals surface area contributed by atoms with Crippen molar-refractivity contribution in [1.29, 1.82) is 0 Å². The van der Waals surface area contributed by atoms with Crippen LogP contribution in [0.1, 0.15) is 40.3 Å². The van der Waals surface area contributed by atoms with Gasteiger partial charge in [0.1, 0.15) is 11.5 Å². The Hall–Kier alpha value is -2.10. The number of imidazole rings is 1. The van der Waals surface area contributed by atoms with Gasteiger partial charge >= 0.3 is 0 Å². The monoisotopic (exact) mass is 269 g/mol. The second-order valence-electron chi connectivity index (χ2n) is 5.36. The number of aryl methyl sites for hydroxylation is 3. The number of carbonyl (C=O) groups excluding carboxylic acids is 1. The SMILES string of the molecule is Cc1cccc(CNC(=O)c2cn3c(n2)CCCC3)c1. The molecule has 1 aromatic heterocycles. The molecule has 1 aromatic carbocycles. The molecule has 0 saturated heterocycles. The molecule has 0 atom stereocenters. The Balaban J connectivity index is 1.66. The zero-order valence-electron chi connectivity index (χ0n) is 11.7. The van der Waals surface area contributed by atoms with Crippen LogP contribution < -0.4 is 5.32 Å². The van der Waals surface area contributed by atoms with Gasteiger partial charge in [-0.05, 0) is 25.3 Å². The van der Waals surface area contributed by atoms with Crippen LogP contribution >= 0.6 is 0 Å². The summed E-state index contributed by atoms with van der Waals surface area (Å²) < 4.78 is 2.10. The van der Waals surface area contributed by atoms with Crippen LogP contribution in [0.25, 0.3) is 0 Å². The Morgan fingerprint density at radius 3 is 3.10 bits per heavy atom. The molecule has 0 aliphatic carbocycles. The van der Waals surface area contributed by atoms with Crippen LogP contribution in [0.5, 0.6) is 0 Å². The van der Waals surface area contributed by atoms with E-state index in [1.807, 2.05) is 18.3 Å². The van der Waals surface area contributed by atoms with Gasteiger partial charge in [-0.25, -0.2) is 4.98 Å². The van der Waals surface area contributed by atoms with Crippen LogP contribution in [0, 0.1) is 6.92 Å². The fourth-order valence-corrected chi connectivity index (χ4v) is 2.62. The molecule has 104 valence electrons. The second-order valence-corrected chi connectivity index (χ2v) is 5.36. The van der Waals surface area contributed by atoms with Crippen LogP contribution in [0.3, 0.4) is 0 Å². The third kappa shape index (κ3) is 2.74. The number of amides is 1. The van der Waals surface area contributed by atoms with Gasteiger partial charge < -0.3 is 9.88 Å². The molecule has 0 saturated carbocycles. The minimum absolute atomic E-state index is 0.0894. The maximum atomic E-state index is 12.1. The zero-order chi connectivity index (χ0) is 13.9. The van der Waals surface area contributed by atoms with E-state index in [0.29, 0.717) is 12.2 Å². The Morgan fingerprint density at radius 2 is 2.30 bits per heavy atom. The summed E-state index contributed by atoms with van der Waals surface area (Å²) in [5.41, 5.74) is 2.85. The first kappa shape index (κ1) is 12.9. The summed E-state index contributed by atoms with van der Waals surface area (Å²) in [4.78, 5) is 16.6. The van der Waals surface area contributed by atoms with E-state index in [-0.39, 0.29) is 5.91 Å². The van der Waals surface area contributed by atoms with E-state index in [4.69, 9.17) is 0 Å². The maximum absolute atomic E-state index is 12.1. The summed E-state index contributed by atoms with van der Waals surface area (Å²) in [5, 5.41) is 2.94. The minimum atomic E-state index is -0.0894. The Kier molecular flexibility index (Phi) is 3.54. The molecule has 1 aliphatic rings. The van der Waals surface area contributed by atoms with E-state index in [9.17, 15) is 4.79 Å². The van der Waals surface area contributed by atoms with Crippen LogP contribution in [-0.4, -0.2) is 15.5 Å². The first-order valence-electron chi connectivity index (χ1n) is 7.12. The van der Waals surface area contributed by atoms with Crippen LogP contribution in [-0.2, 0) is 19.5 Å². The maximum Gasteiger partial charge on any atom is 0.271 e. The van der Waals surface area contributed by atoms with Gasteiger partial charge in [-0.1, -0.05) is 29.8 Å². The molecule has 4 nitrogen and oxygen atoms in total. The summed E-state index contributed by atoms with van der Waals surface area (Å²) in [6.45, 7) is 3.57. The quantitative estimate of drug-likeness (QED) is 0.930. The highest BCUT2D eigenvalue weighted by Crippen LogP contribution is 2.14. The number of aromatic nitrogens is 2. The van der Waals surface area contributed by atoms with Crippen molar-refractivity contribution >= 4 is 5.91 Å². The Bertz CT molecular complexity index is 607. The molecule has 4 heteroatoms. The number of carbonyl (C=O) groups is 1. The van der Waals surface area contributed by atoms with Crippen molar-refractivity contribution in [3.63, 3.8) is 0 Å². The molecule has 3 rings (SSSR count). The van der Waals surface area contributed by atoms with Crippen molar-refractivity contribution in [2.24, 2.45) is 0 Å². The molecular formula is C16H19N3O. The third-order valence-electron chi connectivity index (χ3n) is 3.68. The summed E-state index contributed by atoms with van der Waals surface area (Å²) in [7, 11) is 0. The molecular weight excluding hydrogens is 250 g/mol. The van der Waals surface area contributed by atoms with E-state index in [0.717, 1.165) is 24.4 Å². The second kappa shape index (κ2) is 5.49. The summed E-state index contributed by atoms with van der Waals surface area (Å²) >= 11 is 0. The Morgan fingerprint density at radius 1 is 1.40 bits per heavy atom. The summed E-state index contributed by atoms with van der Waals surface area (Å²) in [5.74, 6) is 0.949. The number of fused-ring (bicyclic) bond motifs is 1. The lowest BCUT2D eigenvalue weighted by molar-refractivity contribution is 0.0946. The van der Waals surface area contributed by atoms with Gasteiger partial charge in [0.15, 0.2) is 0 Å². The lowest BCUT2D eigenvalue weighted by Gasteiger charge is -2.11. The van der Waals surface area contributed by atoms with Gasteiger partial charge in [-0.15, -0.1) is 0 Å². The fourth-order valence-electron chi connectivity index (χ4n) is 2.62. The number of nitrogens with zero attached hydrogens (tertiary/aromatic N) is 2. The van der Waals surface area contributed by atoms with Crippen molar-refractivity contribution in [3.8, 4) is 0 Å². The fraction of sp³-hybridized carbons (Fsp3) is 0.375. The average Bonchev–Trinajstić information content (AvgIpc) is 2.89. The lowest BCUT2D eigenvalue weighted by Crippen LogP contribution is -2.23. The van der Waals surface area contributed by atoms with Crippen LogP contribution in [0.2, 0.25) is 0 Å². The van der Waals surface area contributed by atoms with Crippen LogP contribution in [0.4, 0.5) is 0 Å². The van der Waals surface area contributed by atoms with Crippen molar-refractivity contribution < 1.29 is 4.79 Å². The minimum Gasteiger partial charge on any atom is -0.347 e. The lowest BCUT2D eigenvalue weighted by atomic mass is 10.1. The Labute approximate surface area is 118 Å². The van der Waals surface area contributed by atoms with E-state index >= 15 is 0 Å². The average molecular weight is 269 g/mol. The van der Waals surface area contributed by atoms with Gasteiger partial charge in [0.2, 0.25) is 0 Å². The molecule has 2 aromatic rings.